The van der Waals surface area contributed by atoms with Crippen LogP contribution in [0.4, 0.5) is 0 Å². The number of amides is 4. The number of hydrogen-bond donors (Lipinski definition) is 0. The van der Waals surface area contributed by atoms with Gasteiger partial charge in [-0.05, 0) is 102 Å². The normalized spacial score (nSPS) is 15.8. The largest absolute Gasteiger partial charge is 0.420 e. The van der Waals surface area contributed by atoms with Crippen LogP contribution in [-0.2, 0) is 17.3 Å². The molecule has 4 amide bonds. The Bertz CT molecular complexity index is 1190. The molecule has 37 heavy (non-hydrogen) atoms. The zero-order valence-electron chi connectivity index (χ0n) is 22.7. The second-order valence-corrected chi connectivity index (χ2v) is 14.2. The Morgan fingerprint density at radius 3 is 1.30 bits per heavy atom. The van der Waals surface area contributed by atoms with Crippen LogP contribution < -0.4 is 0 Å². The molecule has 0 aromatic heterocycles. The van der Waals surface area contributed by atoms with Gasteiger partial charge in [0.15, 0.2) is 0 Å². The van der Waals surface area contributed by atoms with Crippen molar-refractivity contribution in [1.29, 1.82) is 0 Å². The lowest BCUT2D eigenvalue weighted by Gasteiger charge is -2.29. The first-order valence-electron chi connectivity index (χ1n) is 12.7. The van der Waals surface area contributed by atoms with Crippen molar-refractivity contribution in [1.82, 2.24) is 9.80 Å². The summed E-state index contributed by atoms with van der Waals surface area (Å²) in [6.07, 6.45) is 1.51. The van der Waals surface area contributed by atoms with E-state index in [1.807, 2.05) is 65.8 Å². The fourth-order valence-corrected chi connectivity index (χ4v) is 6.80. The molecule has 2 aliphatic heterocycles. The van der Waals surface area contributed by atoms with Gasteiger partial charge in [0.1, 0.15) is 0 Å². The minimum absolute atomic E-state index is 0.235. The SMILES string of the molecule is CO[Si](CCc1ccc2c(c1)C(=O)N(C(C)(C)C)C2=O)CCc1ccc2c(c1)C(=O)N(C(C)(C)C)C2=O. The van der Waals surface area contributed by atoms with Crippen LogP contribution in [0.1, 0.15) is 94.1 Å². The van der Waals surface area contributed by atoms with E-state index in [4.69, 9.17) is 4.43 Å². The molecule has 7 nitrogen and oxygen atoms in total. The molecule has 0 bridgehead atoms. The highest BCUT2D eigenvalue weighted by Crippen LogP contribution is 2.32. The third-order valence-corrected chi connectivity index (χ3v) is 9.11. The highest BCUT2D eigenvalue weighted by Gasteiger charge is 2.43. The molecular weight excluding hydrogens is 484 g/mol. The lowest BCUT2D eigenvalue weighted by Crippen LogP contribution is -2.45. The van der Waals surface area contributed by atoms with Crippen LogP contribution in [0.2, 0.25) is 12.1 Å². The average Bonchev–Trinajstić information content (AvgIpc) is 3.22. The average molecular weight is 520 g/mol. The second-order valence-electron chi connectivity index (χ2n) is 11.7. The van der Waals surface area contributed by atoms with Gasteiger partial charge in [0.05, 0.1) is 22.3 Å². The van der Waals surface area contributed by atoms with E-state index >= 15 is 0 Å². The molecule has 0 fully saturated rings. The van der Waals surface area contributed by atoms with Gasteiger partial charge in [0.25, 0.3) is 23.6 Å². The van der Waals surface area contributed by atoms with Gasteiger partial charge < -0.3 is 4.43 Å². The molecule has 4 rings (SSSR count). The summed E-state index contributed by atoms with van der Waals surface area (Å²) in [6.45, 7) is 11.2. The molecule has 0 unspecified atom stereocenters. The Hall–Kier alpha value is -3.10. The Balaban J connectivity index is 1.39. The zero-order chi connectivity index (χ0) is 27.3. The number of hydrogen-bond acceptors (Lipinski definition) is 5. The third-order valence-electron chi connectivity index (χ3n) is 6.92. The van der Waals surface area contributed by atoms with E-state index in [-0.39, 0.29) is 23.6 Å². The lowest BCUT2D eigenvalue weighted by molar-refractivity contribution is 0.0489. The fraction of sp³-hybridized carbons (Fsp3) is 0.448. The number of carbonyl (C=O) groups excluding carboxylic acids is 4. The molecule has 2 aliphatic rings. The molecule has 2 aromatic carbocycles. The Morgan fingerprint density at radius 2 is 0.973 bits per heavy atom. The van der Waals surface area contributed by atoms with Gasteiger partial charge in [0, 0.05) is 18.2 Å². The minimum atomic E-state index is -1.15. The number of imide groups is 2. The quantitative estimate of drug-likeness (QED) is 0.384. The number of rotatable bonds is 7. The Kier molecular flexibility index (Phi) is 7.03. The van der Waals surface area contributed by atoms with E-state index in [1.165, 1.54) is 9.80 Å². The summed E-state index contributed by atoms with van der Waals surface area (Å²) in [4.78, 5) is 53.9. The van der Waals surface area contributed by atoms with E-state index in [0.717, 1.165) is 36.1 Å². The molecule has 2 heterocycles. The van der Waals surface area contributed by atoms with Crippen molar-refractivity contribution in [3.63, 3.8) is 0 Å². The van der Waals surface area contributed by atoms with Gasteiger partial charge in [-0.25, -0.2) is 0 Å². The Morgan fingerprint density at radius 1 is 0.622 bits per heavy atom. The summed E-state index contributed by atoms with van der Waals surface area (Å²) >= 11 is 0. The molecule has 0 aliphatic carbocycles. The molecule has 8 heteroatoms. The van der Waals surface area contributed by atoms with Crippen molar-refractivity contribution < 1.29 is 23.6 Å². The van der Waals surface area contributed by atoms with Crippen molar-refractivity contribution in [2.24, 2.45) is 0 Å². The summed E-state index contributed by atoms with van der Waals surface area (Å²) in [5.74, 6) is -0.941. The molecule has 0 saturated heterocycles. The standard InChI is InChI=1S/C29H35N2O5Si/c1-28(2,3)30-24(32)20-10-8-18(16-22(20)26(30)34)12-14-37(36-7)15-13-19-9-11-21-23(17-19)27(35)31(25(21)33)29(4,5)6/h8-11,16-17H,12-15H2,1-7H3. The van der Waals surface area contributed by atoms with Crippen LogP contribution in [-0.4, -0.2) is 60.7 Å². The van der Waals surface area contributed by atoms with Crippen LogP contribution in [0.3, 0.4) is 0 Å². The maximum atomic E-state index is 12.9. The highest BCUT2D eigenvalue weighted by atomic mass is 28.3. The van der Waals surface area contributed by atoms with Gasteiger partial charge in [0.2, 0.25) is 9.04 Å². The van der Waals surface area contributed by atoms with E-state index in [0.29, 0.717) is 22.3 Å². The van der Waals surface area contributed by atoms with Crippen LogP contribution in [0.25, 0.3) is 0 Å². The maximum absolute atomic E-state index is 12.9. The zero-order valence-corrected chi connectivity index (χ0v) is 23.7. The predicted octanol–water partition coefficient (Wildman–Crippen LogP) is 4.90. The van der Waals surface area contributed by atoms with Crippen LogP contribution >= 0.6 is 0 Å². The number of carbonyl (C=O) groups is 4. The Labute approximate surface area is 220 Å². The summed E-state index contributed by atoms with van der Waals surface area (Å²) in [5, 5.41) is 0. The summed E-state index contributed by atoms with van der Waals surface area (Å²) in [5.41, 5.74) is 2.78. The smallest absolute Gasteiger partial charge is 0.262 e. The first-order chi connectivity index (χ1) is 17.2. The molecule has 0 atom stereocenters. The van der Waals surface area contributed by atoms with Crippen molar-refractivity contribution >= 4 is 32.7 Å². The van der Waals surface area contributed by atoms with Gasteiger partial charge >= 0.3 is 0 Å². The van der Waals surface area contributed by atoms with Crippen molar-refractivity contribution in [2.45, 2.75) is 77.6 Å². The van der Waals surface area contributed by atoms with E-state index in [9.17, 15) is 19.2 Å². The summed E-state index contributed by atoms with van der Waals surface area (Å²) < 4.78 is 5.82. The second kappa shape index (κ2) is 9.65. The first-order valence-corrected chi connectivity index (χ1v) is 14.5. The third kappa shape index (κ3) is 5.05. The highest BCUT2D eigenvalue weighted by molar-refractivity contribution is 6.51. The maximum Gasteiger partial charge on any atom is 0.262 e. The molecular formula is C29H35N2O5Si. The monoisotopic (exact) mass is 519 g/mol. The molecule has 0 N–H and O–H groups in total. The predicted molar refractivity (Wildman–Crippen MR) is 143 cm³/mol. The summed E-state index contributed by atoms with van der Waals surface area (Å²) in [7, 11) is 0.582. The lowest BCUT2D eigenvalue weighted by atomic mass is 10.0. The van der Waals surface area contributed by atoms with Gasteiger partial charge in [-0.3, -0.25) is 29.0 Å². The molecule has 0 spiro atoms. The van der Waals surface area contributed by atoms with Gasteiger partial charge in [-0.1, -0.05) is 12.1 Å². The molecule has 2 aromatic rings. The van der Waals surface area contributed by atoms with E-state index in [1.54, 1.807) is 19.2 Å². The number of benzene rings is 2. The van der Waals surface area contributed by atoms with Crippen LogP contribution in [0.15, 0.2) is 36.4 Å². The number of aryl methyl sites for hydroxylation is 2. The van der Waals surface area contributed by atoms with Crippen LogP contribution in [0.5, 0.6) is 0 Å². The molecule has 195 valence electrons. The molecule has 0 saturated carbocycles. The van der Waals surface area contributed by atoms with Crippen molar-refractivity contribution in [2.75, 3.05) is 7.11 Å². The van der Waals surface area contributed by atoms with E-state index in [2.05, 4.69) is 0 Å². The summed E-state index contributed by atoms with van der Waals surface area (Å²) in [6, 6.07) is 12.8. The first kappa shape index (κ1) is 26.9. The van der Waals surface area contributed by atoms with Crippen molar-refractivity contribution in [3.8, 4) is 0 Å². The van der Waals surface area contributed by atoms with Gasteiger partial charge in [-0.15, -0.1) is 0 Å². The van der Waals surface area contributed by atoms with Crippen LogP contribution in [0, 0.1) is 0 Å². The van der Waals surface area contributed by atoms with Gasteiger partial charge in [-0.2, -0.15) is 0 Å². The van der Waals surface area contributed by atoms with E-state index < -0.39 is 20.1 Å². The fourth-order valence-electron chi connectivity index (χ4n) is 5.00. The topological polar surface area (TPSA) is 84.0 Å². The minimum Gasteiger partial charge on any atom is -0.420 e. The molecule has 1 radical (unpaired) electrons. The number of fused-ring (bicyclic) bond motifs is 2. The number of nitrogens with zero attached hydrogens (tertiary/aromatic N) is 2. The van der Waals surface area contributed by atoms with Crippen molar-refractivity contribution in [3.05, 3.63) is 69.8 Å².